The molecule has 1 aliphatic rings. The fraction of sp³-hybridized carbons (Fsp3) is 0.615. The number of likely N-dealkylation sites (N-methyl/N-ethyl adjacent to an activating group) is 1. The molecule has 0 aromatic carbocycles. The molecule has 1 N–H and O–H groups in total. The monoisotopic (exact) mass is 279 g/mol. The number of rotatable bonds is 5. The van der Waals surface area contributed by atoms with Crippen molar-refractivity contribution in [1.82, 2.24) is 20.2 Å². The van der Waals surface area contributed by atoms with Crippen LogP contribution in [0.25, 0.3) is 0 Å². The van der Waals surface area contributed by atoms with Crippen molar-refractivity contribution in [2.45, 2.75) is 0 Å². The van der Waals surface area contributed by atoms with Crippen LogP contribution in [0.5, 0.6) is 0 Å². The second-order valence-corrected chi connectivity index (χ2v) is 4.74. The fourth-order valence-electron chi connectivity index (χ4n) is 2.09. The molecular formula is C13H21N5O2. The highest BCUT2D eigenvalue weighted by molar-refractivity contribution is 5.85. The van der Waals surface area contributed by atoms with Gasteiger partial charge in [0.15, 0.2) is 0 Å². The molecule has 110 valence electrons. The maximum absolute atomic E-state index is 11.4. The van der Waals surface area contributed by atoms with E-state index in [9.17, 15) is 4.79 Å². The number of ether oxygens (including phenoxy) is 1. The zero-order chi connectivity index (χ0) is 14.4. The van der Waals surface area contributed by atoms with E-state index in [1.165, 1.54) is 7.11 Å². The number of methoxy groups -OCH3 is 1. The van der Waals surface area contributed by atoms with Gasteiger partial charge in [-0.15, -0.1) is 0 Å². The Bertz CT molecular complexity index is 448. The van der Waals surface area contributed by atoms with Gasteiger partial charge in [0, 0.05) is 52.5 Å². The predicted octanol–water partition coefficient (Wildman–Crippen LogP) is -0.395. The van der Waals surface area contributed by atoms with E-state index < -0.39 is 5.97 Å². The molecule has 0 amide bonds. The number of piperazine rings is 1. The van der Waals surface area contributed by atoms with Crippen LogP contribution in [0.3, 0.4) is 0 Å². The number of esters is 1. The summed E-state index contributed by atoms with van der Waals surface area (Å²) in [6, 6.07) is 1.80. The average Bonchev–Trinajstić information content (AvgIpc) is 2.53. The molecule has 1 aromatic rings. The van der Waals surface area contributed by atoms with Crippen molar-refractivity contribution in [2.75, 3.05) is 58.3 Å². The summed E-state index contributed by atoms with van der Waals surface area (Å²) in [5.41, 5.74) is 0. The Hall–Kier alpha value is -1.73. The smallest absolute Gasteiger partial charge is 0.376 e. The van der Waals surface area contributed by atoms with Gasteiger partial charge in [0.2, 0.25) is 5.82 Å². The van der Waals surface area contributed by atoms with Crippen LogP contribution in [0.2, 0.25) is 0 Å². The molecule has 7 nitrogen and oxygen atoms in total. The zero-order valence-electron chi connectivity index (χ0n) is 12.0. The van der Waals surface area contributed by atoms with Crippen LogP contribution in [0.15, 0.2) is 12.3 Å². The molecule has 0 radical (unpaired) electrons. The summed E-state index contributed by atoms with van der Waals surface area (Å²) in [7, 11) is 3.29. The number of nitrogens with zero attached hydrogens (tertiary/aromatic N) is 4. The van der Waals surface area contributed by atoms with E-state index in [4.69, 9.17) is 0 Å². The van der Waals surface area contributed by atoms with Crippen LogP contribution in [0, 0.1) is 0 Å². The summed E-state index contributed by atoms with van der Waals surface area (Å²) >= 11 is 0. The molecule has 2 heterocycles. The van der Waals surface area contributed by atoms with Crippen molar-refractivity contribution in [3.05, 3.63) is 18.1 Å². The van der Waals surface area contributed by atoms with Gasteiger partial charge in [-0.25, -0.2) is 14.8 Å². The van der Waals surface area contributed by atoms with Crippen molar-refractivity contribution in [1.29, 1.82) is 0 Å². The summed E-state index contributed by atoms with van der Waals surface area (Å²) in [4.78, 5) is 24.0. The Labute approximate surface area is 118 Å². The van der Waals surface area contributed by atoms with Gasteiger partial charge in [0.25, 0.3) is 0 Å². The summed E-state index contributed by atoms with van der Waals surface area (Å²) < 4.78 is 4.63. The van der Waals surface area contributed by atoms with Crippen LogP contribution in [-0.4, -0.2) is 74.3 Å². The first-order valence-corrected chi connectivity index (χ1v) is 6.76. The Morgan fingerprint density at radius 1 is 1.50 bits per heavy atom. The first kappa shape index (κ1) is 14.7. The van der Waals surface area contributed by atoms with Gasteiger partial charge in [-0.05, 0) is 6.07 Å². The van der Waals surface area contributed by atoms with E-state index in [2.05, 4.69) is 24.9 Å². The molecule has 0 aliphatic carbocycles. The summed E-state index contributed by atoms with van der Waals surface area (Å²) in [6.07, 6.45) is 1.58. The SMILES string of the molecule is COC(=O)c1nccc(N(C)CCN2CCNCC2)n1. The molecule has 20 heavy (non-hydrogen) atoms. The minimum atomic E-state index is -0.512. The minimum absolute atomic E-state index is 0.0963. The number of hydrogen-bond donors (Lipinski definition) is 1. The Kier molecular flexibility index (Phi) is 5.25. The lowest BCUT2D eigenvalue weighted by Gasteiger charge is -2.29. The van der Waals surface area contributed by atoms with Gasteiger partial charge in [-0.3, -0.25) is 4.90 Å². The van der Waals surface area contributed by atoms with E-state index in [0.717, 1.165) is 45.1 Å². The van der Waals surface area contributed by atoms with E-state index in [1.54, 1.807) is 12.3 Å². The quantitative estimate of drug-likeness (QED) is 0.736. The van der Waals surface area contributed by atoms with Gasteiger partial charge < -0.3 is 15.0 Å². The van der Waals surface area contributed by atoms with E-state index >= 15 is 0 Å². The average molecular weight is 279 g/mol. The topological polar surface area (TPSA) is 70.6 Å². The molecule has 2 rings (SSSR count). The van der Waals surface area contributed by atoms with E-state index in [1.807, 2.05) is 11.9 Å². The largest absolute Gasteiger partial charge is 0.463 e. The zero-order valence-corrected chi connectivity index (χ0v) is 12.0. The molecule has 0 bridgehead atoms. The first-order valence-electron chi connectivity index (χ1n) is 6.76. The molecule has 0 spiro atoms. The molecule has 7 heteroatoms. The fourth-order valence-corrected chi connectivity index (χ4v) is 2.09. The Morgan fingerprint density at radius 2 is 2.25 bits per heavy atom. The van der Waals surface area contributed by atoms with Gasteiger partial charge in [0.05, 0.1) is 7.11 Å². The Balaban J connectivity index is 1.91. The van der Waals surface area contributed by atoms with Crippen molar-refractivity contribution in [3.8, 4) is 0 Å². The number of anilines is 1. The molecule has 0 atom stereocenters. The molecule has 1 aliphatic heterocycles. The second kappa shape index (κ2) is 7.16. The first-order chi connectivity index (χ1) is 9.70. The molecular weight excluding hydrogens is 258 g/mol. The van der Waals surface area contributed by atoms with Crippen molar-refractivity contribution >= 4 is 11.8 Å². The number of carbonyl (C=O) groups is 1. The highest BCUT2D eigenvalue weighted by Crippen LogP contribution is 2.08. The van der Waals surface area contributed by atoms with Crippen molar-refractivity contribution in [3.63, 3.8) is 0 Å². The lowest BCUT2D eigenvalue weighted by atomic mass is 10.3. The third kappa shape index (κ3) is 3.88. The maximum Gasteiger partial charge on any atom is 0.376 e. The number of aromatic nitrogens is 2. The number of nitrogens with one attached hydrogen (secondary N) is 1. The summed E-state index contributed by atoms with van der Waals surface area (Å²) in [5.74, 6) is 0.317. The number of hydrogen-bond acceptors (Lipinski definition) is 7. The Morgan fingerprint density at radius 3 is 2.95 bits per heavy atom. The molecule has 1 saturated heterocycles. The van der Waals surface area contributed by atoms with Crippen LogP contribution < -0.4 is 10.2 Å². The molecule has 0 unspecified atom stereocenters. The van der Waals surface area contributed by atoms with Crippen LogP contribution in [0.1, 0.15) is 10.6 Å². The predicted molar refractivity (Wildman–Crippen MR) is 76.0 cm³/mol. The van der Waals surface area contributed by atoms with Crippen LogP contribution in [0.4, 0.5) is 5.82 Å². The lowest BCUT2D eigenvalue weighted by Crippen LogP contribution is -2.46. The maximum atomic E-state index is 11.4. The molecule has 1 fully saturated rings. The summed E-state index contributed by atoms with van der Waals surface area (Å²) in [5, 5.41) is 3.33. The van der Waals surface area contributed by atoms with Gasteiger partial charge in [-0.2, -0.15) is 0 Å². The van der Waals surface area contributed by atoms with E-state index in [0.29, 0.717) is 0 Å². The highest BCUT2D eigenvalue weighted by atomic mass is 16.5. The van der Waals surface area contributed by atoms with Gasteiger partial charge in [-0.1, -0.05) is 0 Å². The third-order valence-electron chi connectivity index (χ3n) is 3.36. The minimum Gasteiger partial charge on any atom is -0.463 e. The lowest BCUT2D eigenvalue weighted by molar-refractivity contribution is 0.0587. The van der Waals surface area contributed by atoms with Crippen molar-refractivity contribution < 1.29 is 9.53 Å². The van der Waals surface area contributed by atoms with E-state index in [-0.39, 0.29) is 5.82 Å². The molecule has 0 saturated carbocycles. The normalized spacial score (nSPS) is 15.9. The van der Waals surface area contributed by atoms with Crippen LogP contribution >= 0.6 is 0 Å². The number of carbonyl (C=O) groups excluding carboxylic acids is 1. The van der Waals surface area contributed by atoms with Gasteiger partial charge >= 0.3 is 5.97 Å². The van der Waals surface area contributed by atoms with Gasteiger partial charge in [0.1, 0.15) is 5.82 Å². The standard InChI is InChI=1S/C13H21N5O2/c1-17(9-10-18-7-5-14-6-8-18)11-3-4-15-12(16-11)13(19)20-2/h3-4,14H,5-10H2,1-2H3. The third-order valence-corrected chi connectivity index (χ3v) is 3.36. The van der Waals surface area contributed by atoms with Crippen molar-refractivity contribution in [2.24, 2.45) is 0 Å². The molecule has 1 aromatic heterocycles. The highest BCUT2D eigenvalue weighted by Gasteiger charge is 2.13. The summed E-state index contributed by atoms with van der Waals surface area (Å²) in [6.45, 7) is 6.08. The second-order valence-electron chi connectivity index (χ2n) is 4.74. The van der Waals surface area contributed by atoms with Crippen LogP contribution in [-0.2, 0) is 4.74 Å².